The summed E-state index contributed by atoms with van der Waals surface area (Å²) in [7, 11) is 0. The minimum atomic E-state index is 0.920. The van der Waals surface area contributed by atoms with E-state index in [2.05, 4.69) is 63.0 Å². The molecule has 0 fully saturated rings. The highest BCUT2D eigenvalue weighted by molar-refractivity contribution is 9.09. The standard InChI is InChI=1S/C14H17BrN2/c1-2-14-11-13(16-17(14)9-8-15)10-12-6-4-3-5-7-12/h3-7,11H,2,8-10H2,1H3. The minimum absolute atomic E-state index is 0.920. The highest BCUT2D eigenvalue weighted by Gasteiger charge is 2.06. The molecule has 0 unspecified atom stereocenters. The van der Waals surface area contributed by atoms with E-state index in [0.29, 0.717) is 0 Å². The van der Waals surface area contributed by atoms with Crippen molar-refractivity contribution in [1.29, 1.82) is 0 Å². The molecule has 0 N–H and O–H groups in total. The number of aryl methyl sites for hydroxylation is 2. The fourth-order valence-corrected chi connectivity index (χ4v) is 2.30. The summed E-state index contributed by atoms with van der Waals surface area (Å²) in [5, 5.41) is 5.60. The van der Waals surface area contributed by atoms with Crippen LogP contribution in [0.5, 0.6) is 0 Å². The van der Waals surface area contributed by atoms with Gasteiger partial charge in [-0.3, -0.25) is 4.68 Å². The van der Waals surface area contributed by atoms with Gasteiger partial charge in [-0.1, -0.05) is 53.2 Å². The molecule has 0 bridgehead atoms. The van der Waals surface area contributed by atoms with Crippen LogP contribution in [0, 0.1) is 0 Å². The van der Waals surface area contributed by atoms with Crippen LogP contribution >= 0.6 is 15.9 Å². The van der Waals surface area contributed by atoms with Crippen LogP contribution in [0.4, 0.5) is 0 Å². The highest BCUT2D eigenvalue weighted by atomic mass is 79.9. The van der Waals surface area contributed by atoms with Gasteiger partial charge in [0, 0.05) is 17.4 Å². The lowest BCUT2D eigenvalue weighted by molar-refractivity contribution is 0.626. The van der Waals surface area contributed by atoms with E-state index >= 15 is 0 Å². The van der Waals surface area contributed by atoms with Crippen molar-refractivity contribution in [2.45, 2.75) is 26.3 Å². The number of alkyl halides is 1. The van der Waals surface area contributed by atoms with Crippen LogP contribution in [0.1, 0.15) is 23.9 Å². The number of hydrogen-bond acceptors (Lipinski definition) is 1. The monoisotopic (exact) mass is 292 g/mol. The van der Waals surface area contributed by atoms with E-state index in [4.69, 9.17) is 0 Å². The Bertz CT molecular complexity index is 462. The molecule has 1 aromatic heterocycles. The summed E-state index contributed by atoms with van der Waals surface area (Å²) in [5.41, 5.74) is 3.79. The SMILES string of the molecule is CCc1cc(Cc2ccccc2)nn1CCBr. The molecule has 2 aromatic rings. The van der Waals surface area contributed by atoms with Crippen LogP contribution in [-0.4, -0.2) is 15.1 Å². The molecule has 17 heavy (non-hydrogen) atoms. The maximum atomic E-state index is 4.65. The molecule has 3 heteroatoms. The Balaban J connectivity index is 2.16. The van der Waals surface area contributed by atoms with Gasteiger partial charge in [0.2, 0.25) is 0 Å². The van der Waals surface area contributed by atoms with E-state index in [-0.39, 0.29) is 0 Å². The average Bonchev–Trinajstić information content (AvgIpc) is 2.73. The third-order valence-electron chi connectivity index (χ3n) is 2.80. The Morgan fingerprint density at radius 2 is 2.00 bits per heavy atom. The molecule has 2 rings (SSSR count). The Hall–Kier alpha value is -1.09. The van der Waals surface area contributed by atoms with Gasteiger partial charge in [0.25, 0.3) is 0 Å². The van der Waals surface area contributed by atoms with Crippen molar-refractivity contribution < 1.29 is 0 Å². The first-order valence-electron chi connectivity index (χ1n) is 5.99. The normalized spacial score (nSPS) is 10.7. The zero-order chi connectivity index (χ0) is 12.1. The average molecular weight is 293 g/mol. The summed E-state index contributed by atoms with van der Waals surface area (Å²) in [6.07, 6.45) is 1.96. The summed E-state index contributed by atoms with van der Waals surface area (Å²) in [4.78, 5) is 0. The molecule has 1 heterocycles. The fraction of sp³-hybridized carbons (Fsp3) is 0.357. The van der Waals surface area contributed by atoms with Crippen LogP contribution in [0.25, 0.3) is 0 Å². The van der Waals surface area contributed by atoms with Gasteiger partial charge < -0.3 is 0 Å². The zero-order valence-corrected chi connectivity index (χ0v) is 11.7. The second-order valence-corrected chi connectivity index (χ2v) is 4.85. The van der Waals surface area contributed by atoms with Gasteiger partial charge in [-0.15, -0.1) is 0 Å². The molecule has 0 radical (unpaired) electrons. The fourth-order valence-electron chi connectivity index (χ4n) is 1.96. The Kier molecular flexibility index (Phi) is 4.37. The first kappa shape index (κ1) is 12.4. The number of aromatic nitrogens is 2. The zero-order valence-electron chi connectivity index (χ0n) is 10.1. The van der Waals surface area contributed by atoms with Crippen molar-refractivity contribution in [3.8, 4) is 0 Å². The topological polar surface area (TPSA) is 17.8 Å². The van der Waals surface area contributed by atoms with E-state index in [1.165, 1.54) is 11.3 Å². The second kappa shape index (κ2) is 6.01. The number of rotatable bonds is 5. The molecule has 0 aliphatic heterocycles. The van der Waals surface area contributed by atoms with Gasteiger partial charge in [-0.05, 0) is 18.1 Å². The maximum absolute atomic E-state index is 4.65. The lowest BCUT2D eigenvalue weighted by Crippen LogP contribution is -2.05. The molecule has 0 saturated carbocycles. The lowest BCUT2D eigenvalue weighted by atomic mass is 10.1. The lowest BCUT2D eigenvalue weighted by Gasteiger charge is -2.01. The molecule has 0 aliphatic rings. The van der Waals surface area contributed by atoms with Crippen molar-refractivity contribution in [3.63, 3.8) is 0 Å². The Labute approximate surface area is 111 Å². The molecular weight excluding hydrogens is 276 g/mol. The van der Waals surface area contributed by atoms with Gasteiger partial charge >= 0.3 is 0 Å². The van der Waals surface area contributed by atoms with Crippen LogP contribution in [-0.2, 0) is 19.4 Å². The van der Waals surface area contributed by atoms with Crippen LogP contribution in [0.2, 0.25) is 0 Å². The van der Waals surface area contributed by atoms with Gasteiger partial charge in [-0.2, -0.15) is 5.10 Å². The molecule has 0 aliphatic carbocycles. The van der Waals surface area contributed by atoms with Gasteiger partial charge in [0.15, 0.2) is 0 Å². The second-order valence-electron chi connectivity index (χ2n) is 4.06. The van der Waals surface area contributed by atoms with Crippen LogP contribution < -0.4 is 0 Å². The summed E-state index contributed by atoms with van der Waals surface area (Å²) >= 11 is 3.46. The minimum Gasteiger partial charge on any atom is -0.268 e. The molecule has 1 aromatic carbocycles. The summed E-state index contributed by atoms with van der Waals surface area (Å²) in [6.45, 7) is 3.12. The van der Waals surface area contributed by atoms with E-state index in [0.717, 1.165) is 30.4 Å². The van der Waals surface area contributed by atoms with Crippen molar-refractivity contribution in [2.75, 3.05) is 5.33 Å². The highest BCUT2D eigenvalue weighted by Crippen LogP contribution is 2.11. The Morgan fingerprint density at radius 1 is 1.24 bits per heavy atom. The molecule has 2 nitrogen and oxygen atoms in total. The summed E-state index contributed by atoms with van der Waals surface area (Å²) in [6, 6.07) is 12.7. The predicted molar refractivity (Wildman–Crippen MR) is 74.6 cm³/mol. The van der Waals surface area contributed by atoms with Gasteiger partial charge in [0.1, 0.15) is 0 Å². The van der Waals surface area contributed by atoms with E-state index < -0.39 is 0 Å². The molecule has 0 atom stereocenters. The first-order chi connectivity index (χ1) is 8.33. The molecule has 0 amide bonds. The van der Waals surface area contributed by atoms with Crippen molar-refractivity contribution in [3.05, 3.63) is 53.3 Å². The van der Waals surface area contributed by atoms with Crippen molar-refractivity contribution in [2.24, 2.45) is 0 Å². The quantitative estimate of drug-likeness (QED) is 0.772. The smallest absolute Gasteiger partial charge is 0.0671 e. The number of halogens is 1. The first-order valence-corrected chi connectivity index (χ1v) is 7.11. The molecule has 0 saturated heterocycles. The number of nitrogens with zero attached hydrogens (tertiary/aromatic N) is 2. The van der Waals surface area contributed by atoms with Gasteiger partial charge in [0.05, 0.1) is 12.2 Å². The summed E-state index contributed by atoms with van der Waals surface area (Å²) < 4.78 is 2.10. The van der Waals surface area contributed by atoms with Crippen LogP contribution in [0.3, 0.4) is 0 Å². The largest absolute Gasteiger partial charge is 0.268 e. The Morgan fingerprint density at radius 3 is 2.65 bits per heavy atom. The predicted octanol–water partition coefficient (Wildman–Crippen LogP) is 3.43. The van der Waals surface area contributed by atoms with Gasteiger partial charge in [-0.25, -0.2) is 0 Å². The molecular formula is C14H17BrN2. The van der Waals surface area contributed by atoms with Crippen molar-refractivity contribution in [1.82, 2.24) is 9.78 Å². The van der Waals surface area contributed by atoms with Crippen molar-refractivity contribution >= 4 is 15.9 Å². The van der Waals surface area contributed by atoms with Crippen LogP contribution in [0.15, 0.2) is 36.4 Å². The molecule has 0 spiro atoms. The molecule has 90 valence electrons. The van der Waals surface area contributed by atoms with E-state index in [1.54, 1.807) is 0 Å². The number of benzene rings is 1. The van der Waals surface area contributed by atoms with E-state index in [1.807, 2.05) is 6.07 Å². The maximum Gasteiger partial charge on any atom is 0.0671 e. The number of hydrogen-bond donors (Lipinski definition) is 0. The summed E-state index contributed by atoms with van der Waals surface area (Å²) in [5.74, 6) is 0. The third-order valence-corrected chi connectivity index (χ3v) is 3.16. The van der Waals surface area contributed by atoms with E-state index in [9.17, 15) is 0 Å². The third kappa shape index (κ3) is 3.19.